The SMILES string of the molecule is CCOCCCNC(=O)CCc1ccc(C2CC2C)o1. The Morgan fingerprint density at radius 2 is 2.30 bits per heavy atom. The van der Waals surface area contributed by atoms with E-state index in [2.05, 4.69) is 18.3 Å². The summed E-state index contributed by atoms with van der Waals surface area (Å²) < 4.78 is 11.0. The summed E-state index contributed by atoms with van der Waals surface area (Å²) in [7, 11) is 0. The largest absolute Gasteiger partial charge is 0.466 e. The minimum Gasteiger partial charge on any atom is -0.466 e. The van der Waals surface area contributed by atoms with E-state index < -0.39 is 0 Å². The second-order valence-electron chi connectivity index (χ2n) is 5.52. The van der Waals surface area contributed by atoms with Crippen molar-refractivity contribution in [2.45, 2.75) is 45.4 Å². The van der Waals surface area contributed by atoms with Gasteiger partial charge < -0.3 is 14.5 Å². The number of carbonyl (C=O) groups is 1. The summed E-state index contributed by atoms with van der Waals surface area (Å²) in [6, 6.07) is 4.06. The number of ether oxygens (including phenoxy) is 1. The van der Waals surface area contributed by atoms with Crippen molar-refractivity contribution in [2.75, 3.05) is 19.8 Å². The first-order valence-corrected chi connectivity index (χ1v) is 7.63. The molecule has 0 aromatic carbocycles. The number of hydrogen-bond acceptors (Lipinski definition) is 3. The Morgan fingerprint density at radius 1 is 1.50 bits per heavy atom. The summed E-state index contributed by atoms with van der Waals surface area (Å²) in [6.07, 6.45) is 3.26. The first kappa shape index (κ1) is 15.1. The molecule has 1 heterocycles. The summed E-state index contributed by atoms with van der Waals surface area (Å²) in [6.45, 7) is 6.33. The Labute approximate surface area is 120 Å². The molecule has 112 valence electrons. The number of aryl methyl sites for hydroxylation is 1. The summed E-state index contributed by atoms with van der Waals surface area (Å²) in [4.78, 5) is 11.7. The van der Waals surface area contributed by atoms with Gasteiger partial charge in [0.1, 0.15) is 11.5 Å². The van der Waals surface area contributed by atoms with Crippen molar-refractivity contribution in [2.24, 2.45) is 5.92 Å². The number of carbonyl (C=O) groups excluding carboxylic acids is 1. The zero-order chi connectivity index (χ0) is 14.4. The predicted octanol–water partition coefficient (Wildman–Crippen LogP) is 2.88. The Bertz CT molecular complexity index is 427. The summed E-state index contributed by atoms with van der Waals surface area (Å²) in [5, 5.41) is 2.90. The van der Waals surface area contributed by atoms with Crippen molar-refractivity contribution in [1.82, 2.24) is 5.32 Å². The van der Waals surface area contributed by atoms with Crippen molar-refractivity contribution in [3.8, 4) is 0 Å². The fourth-order valence-corrected chi connectivity index (χ4v) is 2.32. The van der Waals surface area contributed by atoms with Gasteiger partial charge in [-0.05, 0) is 37.8 Å². The van der Waals surface area contributed by atoms with Crippen LogP contribution in [-0.2, 0) is 16.0 Å². The Hall–Kier alpha value is -1.29. The molecule has 1 amide bonds. The smallest absolute Gasteiger partial charge is 0.220 e. The molecular weight excluding hydrogens is 254 g/mol. The monoisotopic (exact) mass is 279 g/mol. The highest BCUT2D eigenvalue weighted by atomic mass is 16.5. The normalized spacial score (nSPS) is 20.9. The fraction of sp³-hybridized carbons (Fsp3) is 0.688. The maximum Gasteiger partial charge on any atom is 0.220 e. The lowest BCUT2D eigenvalue weighted by Crippen LogP contribution is -2.25. The first-order chi connectivity index (χ1) is 9.70. The summed E-state index contributed by atoms with van der Waals surface area (Å²) >= 11 is 0. The first-order valence-electron chi connectivity index (χ1n) is 7.63. The molecule has 2 unspecified atom stereocenters. The third-order valence-corrected chi connectivity index (χ3v) is 3.75. The van der Waals surface area contributed by atoms with Gasteiger partial charge in [0.2, 0.25) is 5.91 Å². The number of amides is 1. The molecule has 4 nitrogen and oxygen atoms in total. The van der Waals surface area contributed by atoms with Crippen LogP contribution in [-0.4, -0.2) is 25.7 Å². The molecule has 1 aromatic heterocycles. The van der Waals surface area contributed by atoms with Crippen LogP contribution in [0.25, 0.3) is 0 Å². The molecule has 0 aliphatic heterocycles. The van der Waals surface area contributed by atoms with Crippen LogP contribution in [0.3, 0.4) is 0 Å². The van der Waals surface area contributed by atoms with Crippen molar-refractivity contribution >= 4 is 5.91 Å². The van der Waals surface area contributed by atoms with Crippen LogP contribution in [0.4, 0.5) is 0 Å². The molecule has 4 heteroatoms. The molecule has 1 aliphatic carbocycles. The van der Waals surface area contributed by atoms with E-state index in [0.29, 0.717) is 31.9 Å². The van der Waals surface area contributed by atoms with Crippen molar-refractivity contribution in [3.63, 3.8) is 0 Å². The standard InChI is InChI=1S/C16H25NO3/c1-3-19-10-4-9-17-16(18)8-6-13-5-7-15(20-13)14-11-12(14)2/h5,7,12,14H,3-4,6,8-11H2,1-2H3,(H,17,18). The van der Waals surface area contributed by atoms with Gasteiger partial charge in [-0.1, -0.05) is 6.92 Å². The van der Waals surface area contributed by atoms with Crippen LogP contribution in [0.1, 0.15) is 50.5 Å². The minimum atomic E-state index is 0.0826. The molecule has 2 rings (SSSR count). The lowest BCUT2D eigenvalue weighted by atomic mass is 10.2. The van der Waals surface area contributed by atoms with Gasteiger partial charge in [0, 0.05) is 38.5 Å². The third-order valence-electron chi connectivity index (χ3n) is 3.75. The molecule has 1 saturated carbocycles. The lowest BCUT2D eigenvalue weighted by molar-refractivity contribution is -0.121. The number of nitrogens with one attached hydrogen (secondary N) is 1. The average molecular weight is 279 g/mol. The average Bonchev–Trinajstić information content (AvgIpc) is 2.99. The molecule has 0 saturated heterocycles. The summed E-state index contributed by atoms with van der Waals surface area (Å²) in [5.74, 6) is 3.45. The van der Waals surface area contributed by atoms with E-state index in [1.807, 2.05) is 13.0 Å². The van der Waals surface area contributed by atoms with Crippen LogP contribution < -0.4 is 5.32 Å². The van der Waals surface area contributed by atoms with E-state index >= 15 is 0 Å². The molecule has 0 radical (unpaired) electrons. The number of rotatable bonds is 9. The lowest BCUT2D eigenvalue weighted by Gasteiger charge is -2.04. The van der Waals surface area contributed by atoms with E-state index in [0.717, 1.165) is 30.5 Å². The number of hydrogen-bond donors (Lipinski definition) is 1. The number of furan rings is 1. The van der Waals surface area contributed by atoms with Gasteiger partial charge in [-0.15, -0.1) is 0 Å². The quantitative estimate of drug-likeness (QED) is 0.707. The molecule has 20 heavy (non-hydrogen) atoms. The van der Waals surface area contributed by atoms with Gasteiger partial charge in [-0.2, -0.15) is 0 Å². The molecule has 1 N–H and O–H groups in total. The highest BCUT2D eigenvalue weighted by Gasteiger charge is 2.36. The second kappa shape index (κ2) is 7.48. The van der Waals surface area contributed by atoms with Gasteiger partial charge in [-0.25, -0.2) is 0 Å². The third kappa shape index (κ3) is 4.67. The van der Waals surface area contributed by atoms with Gasteiger partial charge in [0.25, 0.3) is 0 Å². The van der Waals surface area contributed by atoms with Crippen LogP contribution in [0, 0.1) is 5.92 Å². The summed E-state index contributed by atoms with van der Waals surface area (Å²) in [5.41, 5.74) is 0. The van der Waals surface area contributed by atoms with Gasteiger partial charge in [-0.3, -0.25) is 4.79 Å². The Morgan fingerprint density at radius 3 is 3.00 bits per heavy atom. The fourth-order valence-electron chi connectivity index (χ4n) is 2.32. The molecule has 0 bridgehead atoms. The van der Waals surface area contributed by atoms with Crippen LogP contribution in [0.2, 0.25) is 0 Å². The van der Waals surface area contributed by atoms with E-state index in [4.69, 9.17) is 9.15 Å². The van der Waals surface area contributed by atoms with Gasteiger partial charge >= 0.3 is 0 Å². The highest BCUT2D eigenvalue weighted by Crippen LogP contribution is 2.47. The van der Waals surface area contributed by atoms with E-state index in [-0.39, 0.29) is 5.91 Å². The highest BCUT2D eigenvalue weighted by molar-refractivity contribution is 5.76. The molecule has 1 fully saturated rings. The Balaban J connectivity index is 1.59. The predicted molar refractivity (Wildman–Crippen MR) is 77.7 cm³/mol. The van der Waals surface area contributed by atoms with Crippen molar-refractivity contribution < 1.29 is 13.9 Å². The van der Waals surface area contributed by atoms with Crippen LogP contribution in [0.5, 0.6) is 0 Å². The van der Waals surface area contributed by atoms with Crippen LogP contribution >= 0.6 is 0 Å². The van der Waals surface area contributed by atoms with Gasteiger partial charge in [0.05, 0.1) is 0 Å². The molecule has 0 spiro atoms. The Kier molecular flexibility index (Phi) is 5.65. The van der Waals surface area contributed by atoms with E-state index in [1.165, 1.54) is 6.42 Å². The zero-order valence-corrected chi connectivity index (χ0v) is 12.5. The van der Waals surface area contributed by atoms with E-state index in [1.54, 1.807) is 0 Å². The van der Waals surface area contributed by atoms with Crippen molar-refractivity contribution in [3.05, 3.63) is 23.7 Å². The van der Waals surface area contributed by atoms with Crippen LogP contribution in [0.15, 0.2) is 16.5 Å². The molecule has 1 aromatic rings. The minimum absolute atomic E-state index is 0.0826. The molecule has 1 aliphatic rings. The second-order valence-corrected chi connectivity index (χ2v) is 5.52. The topological polar surface area (TPSA) is 51.5 Å². The maximum absolute atomic E-state index is 11.7. The van der Waals surface area contributed by atoms with Crippen molar-refractivity contribution in [1.29, 1.82) is 0 Å². The zero-order valence-electron chi connectivity index (χ0n) is 12.5. The molecule has 2 atom stereocenters. The maximum atomic E-state index is 11.7. The molecular formula is C16H25NO3. The van der Waals surface area contributed by atoms with E-state index in [9.17, 15) is 4.79 Å². The van der Waals surface area contributed by atoms with Gasteiger partial charge in [0.15, 0.2) is 0 Å².